The first-order chi connectivity index (χ1) is 12.4. The van der Waals surface area contributed by atoms with E-state index in [0.29, 0.717) is 0 Å². The first kappa shape index (κ1) is 15.9. The lowest BCUT2D eigenvalue weighted by atomic mass is 9.85. The van der Waals surface area contributed by atoms with Crippen LogP contribution in [-0.4, -0.2) is 26.3 Å². The molecule has 1 aliphatic heterocycles. The Kier molecular flexibility index (Phi) is 4.80. The van der Waals surface area contributed by atoms with Crippen LogP contribution in [0.2, 0.25) is 0 Å². The fourth-order valence-electron chi connectivity index (χ4n) is 3.57. The summed E-state index contributed by atoms with van der Waals surface area (Å²) in [6, 6.07) is 30.5. The quantitative estimate of drug-likeness (QED) is 0.643. The molecule has 1 aliphatic rings. The predicted molar refractivity (Wildman–Crippen MR) is 103 cm³/mol. The molecule has 0 aromatic heterocycles. The molecule has 0 atom stereocenters. The molecule has 0 N–H and O–H groups in total. The van der Waals surface area contributed by atoms with Crippen molar-refractivity contribution in [2.24, 2.45) is 0 Å². The minimum Gasteiger partial charge on any atom is -0.378 e. The summed E-state index contributed by atoms with van der Waals surface area (Å²) in [7, 11) is 0. The second-order valence-corrected chi connectivity index (χ2v) is 6.45. The topological polar surface area (TPSA) is 12.5 Å². The van der Waals surface area contributed by atoms with Gasteiger partial charge in [-0.05, 0) is 28.8 Å². The number of ether oxygens (including phenoxy) is 1. The predicted octanol–water partition coefficient (Wildman–Crippen LogP) is 4.70. The van der Waals surface area contributed by atoms with E-state index in [1.54, 1.807) is 0 Å². The Labute approximate surface area is 149 Å². The van der Waals surface area contributed by atoms with Crippen LogP contribution in [0.1, 0.15) is 22.6 Å². The largest absolute Gasteiger partial charge is 0.378 e. The Balaban J connectivity index is 1.68. The van der Waals surface area contributed by atoms with Gasteiger partial charge in [-0.15, -0.1) is 0 Å². The van der Waals surface area contributed by atoms with E-state index >= 15 is 0 Å². The van der Waals surface area contributed by atoms with Gasteiger partial charge in [0.1, 0.15) is 0 Å². The van der Waals surface area contributed by atoms with Gasteiger partial charge in [0.15, 0.2) is 0 Å². The van der Waals surface area contributed by atoms with Crippen LogP contribution < -0.4 is 4.90 Å². The van der Waals surface area contributed by atoms with Crippen molar-refractivity contribution in [1.82, 2.24) is 0 Å². The highest BCUT2D eigenvalue weighted by Crippen LogP contribution is 2.32. The third-order valence-electron chi connectivity index (χ3n) is 4.87. The van der Waals surface area contributed by atoms with Crippen LogP contribution in [0.15, 0.2) is 84.9 Å². The van der Waals surface area contributed by atoms with Gasteiger partial charge in [0.2, 0.25) is 0 Å². The third kappa shape index (κ3) is 3.59. The van der Waals surface area contributed by atoms with E-state index in [0.717, 1.165) is 26.3 Å². The minimum absolute atomic E-state index is 0.265. The molecule has 2 nitrogen and oxygen atoms in total. The lowest BCUT2D eigenvalue weighted by Crippen LogP contribution is -2.36. The normalized spacial score (nSPS) is 14.7. The van der Waals surface area contributed by atoms with Gasteiger partial charge in [-0.3, -0.25) is 0 Å². The molecule has 1 saturated heterocycles. The van der Waals surface area contributed by atoms with Crippen molar-refractivity contribution < 1.29 is 4.74 Å². The van der Waals surface area contributed by atoms with E-state index in [-0.39, 0.29) is 5.92 Å². The molecule has 1 heterocycles. The van der Waals surface area contributed by atoms with Crippen molar-refractivity contribution in [3.05, 3.63) is 102 Å². The van der Waals surface area contributed by atoms with Gasteiger partial charge < -0.3 is 9.64 Å². The lowest BCUT2D eigenvalue weighted by molar-refractivity contribution is 0.122. The van der Waals surface area contributed by atoms with E-state index < -0.39 is 0 Å². The van der Waals surface area contributed by atoms with Gasteiger partial charge >= 0.3 is 0 Å². The van der Waals surface area contributed by atoms with E-state index in [1.807, 2.05) is 0 Å². The summed E-state index contributed by atoms with van der Waals surface area (Å²) in [4.78, 5) is 2.40. The monoisotopic (exact) mass is 329 g/mol. The summed E-state index contributed by atoms with van der Waals surface area (Å²) in [5, 5.41) is 0. The molecular weight excluding hydrogens is 306 g/mol. The summed E-state index contributed by atoms with van der Waals surface area (Å²) in [5.41, 5.74) is 5.27. The van der Waals surface area contributed by atoms with Crippen LogP contribution >= 0.6 is 0 Å². The number of nitrogens with zero attached hydrogens (tertiary/aromatic N) is 1. The molecule has 0 saturated carbocycles. The molecule has 0 aliphatic carbocycles. The maximum absolute atomic E-state index is 5.46. The Morgan fingerprint density at radius 3 is 1.60 bits per heavy atom. The van der Waals surface area contributed by atoms with Crippen molar-refractivity contribution in [3.8, 4) is 0 Å². The van der Waals surface area contributed by atoms with Gasteiger partial charge in [0, 0.05) is 24.7 Å². The van der Waals surface area contributed by atoms with Gasteiger partial charge in [0.25, 0.3) is 0 Å². The van der Waals surface area contributed by atoms with E-state index in [9.17, 15) is 0 Å². The van der Waals surface area contributed by atoms with Crippen molar-refractivity contribution in [3.63, 3.8) is 0 Å². The first-order valence-electron chi connectivity index (χ1n) is 8.94. The highest BCUT2D eigenvalue weighted by molar-refractivity contribution is 5.51. The van der Waals surface area contributed by atoms with Crippen LogP contribution in [0.3, 0.4) is 0 Å². The number of benzene rings is 3. The number of rotatable bonds is 4. The summed E-state index contributed by atoms with van der Waals surface area (Å²) in [6.45, 7) is 3.58. The second kappa shape index (κ2) is 7.54. The summed E-state index contributed by atoms with van der Waals surface area (Å²) in [5.74, 6) is 0.265. The van der Waals surface area contributed by atoms with Crippen LogP contribution in [0, 0.1) is 0 Å². The van der Waals surface area contributed by atoms with Gasteiger partial charge in [-0.1, -0.05) is 72.8 Å². The SMILES string of the molecule is c1ccc(C(c2ccccc2)c2ccc(N3CCOCC3)cc2)cc1. The first-order valence-corrected chi connectivity index (χ1v) is 8.94. The summed E-state index contributed by atoms with van der Waals surface area (Å²) in [6.07, 6.45) is 0. The van der Waals surface area contributed by atoms with Crippen LogP contribution in [0.4, 0.5) is 5.69 Å². The number of hydrogen-bond donors (Lipinski definition) is 0. The summed E-state index contributed by atoms with van der Waals surface area (Å²) >= 11 is 0. The smallest absolute Gasteiger partial charge is 0.0642 e. The average molecular weight is 329 g/mol. The molecule has 4 rings (SSSR count). The Bertz CT molecular complexity index is 738. The van der Waals surface area contributed by atoms with E-state index in [2.05, 4.69) is 89.8 Å². The molecule has 3 aromatic rings. The maximum atomic E-state index is 5.46. The lowest BCUT2D eigenvalue weighted by Gasteiger charge is -2.29. The molecular formula is C23H23NO. The van der Waals surface area contributed by atoms with Gasteiger partial charge in [0.05, 0.1) is 13.2 Å². The number of hydrogen-bond acceptors (Lipinski definition) is 2. The zero-order valence-corrected chi connectivity index (χ0v) is 14.3. The van der Waals surface area contributed by atoms with Crippen LogP contribution in [-0.2, 0) is 4.74 Å². The zero-order valence-electron chi connectivity index (χ0n) is 14.3. The minimum atomic E-state index is 0.265. The van der Waals surface area contributed by atoms with Gasteiger partial charge in [-0.2, -0.15) is 0 Å². The fourth-order valence-corrected chi connectivity index (χ4v) is 3.57. The number of anilines is 1. The molecule has 25 heavy (non-hydrogen) atoms. The number of morpholine rings is 1. The Morgan fingerprint density at radius 1 is 0.600 bits per heavy atom. The fraction of sp³-hybridized carbons (Fsp3) is 0.217. The highest BCUT2D eigenvalue weighted by atomic mass is 16.5. The van der Waals surface area contributed by atoms with Crippen LogP contribution in [0.5, 0.6) is 0 Å². The van der Waals surface area contributed by atoms with Crippen molar-refractivity contribution in [2.75, 3.05) is 31.2 Å². The average Bonchev–Trinajstić information content (AvgIpc) is 2.71. The zero-order chi connectivity index (χ0) is 16.9. The standard InChI is InChI=1S/C23H23NO/c1-3-7-19(8-4-1)23(20-9-5-2-6-10-20)21-11-13-22(14-12-21)24-15-17-25-18-16-24/h1-14,23H,15-18H2. The van der Waals surface area contributed by atoms with Crippen LogP contribution in [0.25, 0.3) is 0 Å². The molecule has 0 unspecified atom stereocenters. The molecule has 3 aromatic carbocycles. The van der Waals surface area contributed by atoms with E-state index in [1.165, 1.54) is 22.4 Å². The Morgan fingerprint density at radius 2 is 1.08 bits per heavy atom. The molecule has 1 fully saturated rings. The third-order valence-corrected chi connectivity index (χ3v) is 4.87. The molecule has 0 radical (unpaired) electrons. The maximum Gasteiger partial charge on any atom is 0.0642 e. The molecule has 2 heteroatoms. The molecule has 0 bridgehead atoms. The second-order valence-electron chi connectivity index (χ2n) is 6.45. The highest BCUT2D eigenvalue weighted by Gasteiger charge is 2.17. The van der Waals surface area contributed by atoms with Crippen molar-refractivity contribution >= 4 is 5.69 Å². The van der Waals surface area contributed by atoms with Crippen molar-refractivity contribution in [1.29, 1.82) is 0 Å². The molecule has 126 valence electrons. The Hall–Kier alpha value is -2.58. The molecule has 0 amide bonds. The van der Waals surface area contributed by atoms with Crippen molar-refractivity contribution in [2.45, 2.75) is 5.92 Å². The molecule has 0 spiro atoms. The van der Waals surface area contributed by atoms with E-state index in [4.69, 9.17) is 4.74 Å². The van der Waals surface area contributed by atoms with Gasteiger partial charge in [-0.25, -0.2) is 0 Å². The summed E-state index contributed by atoms with van der Waals surface area (Å²) < 4.78 is 5.46.